The molecule has 17 heavy (non-hydrogen) atoms. The number of hydrogen-bond donors (Lipinski definition) is 1. The van der Waals surface area contributed by atoms with Crippen molar-refractivity contribution in [2.75, 3.05) is 13.2 Å². The maximum absolute atomic E-state index is 13.7. The Morgan fingerprint density at radius 3 is 2.94 bits per heavy atom. The van der Waals surface area contributed by atoms with Gasteiger partial charge in [-0.25, -0.2) is 4.39 Å². The van der Waals surface area contributed by atoms with Gasteiger partial charge in [-0.3, -0.25) is 0 Å². The van der Waals surface area contributed by atoms with Crippen LogP contribution in [0, 0.1) is 5.82 Å². The Morgan fingerprint density at radius 2 is 2.35 bits per heavy atom. The minimum Gasteiger partial charge on any atom is -0.485 e. The molecule has 0 spiro atoms. The van der Waals surface area contributed by atoms with Crippen LogP contribution in [0.2, 0.25) is 0 Å². The van der Waals surface area contributed by atoms with Crippen molar-refractivity contribution in [2.45, 2.75) is 31.9 Å². The zero-order valence-electron chi connectivity index (χ0n) is 9.99. The van der Waals surface area contributed by atoms with E-state index < -0.39 is 0 Å². The average Bonchev–Trinajstić information content (AvgIpc) is 2.33. The van der Waals surface area contributed by atoms with Gasteiger partial charge in [0.1, 0.15) is 6.10 Å². The topological polar surface area (TPSA) is 44.5 Å². The van der Waals surface area contributed by atoms with Gasteiger partial charge in [0.15, 0.2) is 11.6 Å². The minimum absolute atomic E-state index is 0.0422. The molecule has 0 radical (unpaired) electrons. The van der Waals surface area contributed by atoms with Gasteiger partial charge in [0.25, 0.3) is 0 Å². The lowest BCUT2D eigenvalue weighted by atomic mass is 10.1. The summed E-state index contributed by atoms with van der Waals surface area (Å²) in [6.45, 7) is 3.13. The fourth-order valence-corrected chi connectivity index (χ4v) is 1.88. The number of ether oxygens (including phenoxy) is 2. The molecule has 1 heterocycles. The SMILES string of the molecule is C[C@@H](N)c1ccc(OC2CCCOC2)c(F)c1. The quantitative estimate of drug-likeness (QED) is 0.881. The third-order valence-corrected chi connectivity index (χ3v) is 2.89. The van der Waals surface area contributed by atoms with Crippen LogP contribution in [-0.4, -0.2) is 19.3 Å². The van der Waals surface area contributed by atoms with E-state index in [1.54, 1.807) is 12.1 Å². The Balaban J connectivity index is 2.05. The van der Waals surface area contributed by atoms with Crippen molar-refractivity contribution >= 4 is 0 Å². The Kier molecular flexibility index (Phi) is 3.97. The first kappa shape index (κ1) is 12.3. The van der Waals surface area contributed by atoms with Crippen LogP contribution in [0.15, 0.2) is 18.2 Å². The van der Waals surface area contributed by atoms with E-state index in [0.29, 0.717) is 6.61 Å². The molecule has 1 aliphatic rings. The zero-order chi connectivity index (χ0) is 12.3. The average molecular weight is 239 g/mol. The van der Waals surface area contributed by atoms with Crippen LogP contribution in [-0.2, 0) is 4.74 Å². The van der Waals surface area contributed by atoms with E-state index in [-0.39, 0.29) is 23.7 Å². The minimum atomic E-state index is -0.356. The van der Waals surface area contributed by atoms with Gasteiger partial charge in [0.05, 0.1) is 6.61 Å². The summed E-state index contributed by atoms with van der Waals surface area (Å²) in [5.74, 6) is -0.0738. The van der Waals surface area contributed by atoms with E-state index in [9.17, 15) is 4.39 Å². The first-order valence-corrected chi connectivity index (χ1v) is 5.96. The van der Waals surface area contributed by atoms with E-state index in [1.165, 1.54) is 6.07 Å². The Morgan fingerprint density at radius 1 is 1.53 bits per heavy atom. The summed E-state index contributed by atoms with van der Waals surface area (Å²) < 4.78 is 24.6. The highest BCUT2D eigenvalue weighted by Gasteiger charge is 2.17. The highest BCUT2D eigenvalue weighted by molar-refractivity contribution is 5.30. The third-order valence-electron chi connectivity index (χ3n) is 2.89. The van der Waals surface area contributed by atoms with Crippen LogP contribution in [0.4, 0.5) is 4.39 Å². The predicted octanol–water partition coefficient (Wildman–Crippen LogP) is 2.40. The molecule has 0 aliphatic carbocycles. The molecule has 1 unspecified atom stereocenters. The Hall–Kier alpha value is -1.13. The van der Waals surface area contributed by atoms with Gasteiger partial charge in [0, 0.05) is 12.6 Å². The molecule has 1 fully saturated rings. The molecule has 2 rings (SSSR count). The van der Waals surface area contributed by atoms with Crippen molar-refractivity contribution in [1.82, 2.24) is 0 Å². The monoisotopic (exact) mass is 239 g/mol. The van der Waals surface area contributed by atoms with E-state index in [2.05, 4.69) is 0 Å². The molecule has 0 saturated carbocycles. The number of hydrogen-bond acceptors (Lipinski definition) is 3. The van der Waals surface area contributed by atoms with E-state index in [0.717, 1.165) is 25.0 Å². The summed E-state index contributed by atoms with van der Waals surface area (Å²) >= 11 is 0. The Labute approximate surface area is 101 Å². The van der Waals surface area contributed by atoms with Crippen molar-refractivity contribution in [3.8, 4) is 5.75 Å². The highest BCUT2D eigenvalue weighted by atomic mass is 19.1. The highest BCUT2D eigenvalue weighted by Crippen LogP contribution is 2.23. The second-order valence-corrected chi connectivity index (χ2v) is 4.44. The molecule has 1 aromatic rings. The van der Waals surface area contributed by atoms with Gasteiger partial charge in [-0.15, -0.1) is 0 Å². The lowest BCUT2D eigenvalue weighted by molar-refractivity contribution is 0.00586. The predicted molar refractivity (Wildman–Crippen MR) is 63.5 cm³/mol. The number of halogens is 1. The summed E-state index contributed by atoms with van der Waals surface area (Å²) in [5.41, 5.74) is 6.46. The number of benzene rings is 1. The molecule has 94 valence electrons. The van der Waals surface area contributed by atoms with Crippen LogP contribution < -0.4 is 10.5 Å². The lowest BCUT2D eigenvalue weighted by Gasteiger charge is -2.23. The van der Waals surface area contributed by atoms with Gasteiger partial charge in [-0.1, -0.05) is 6.07 Å². The summed E-state index contributed by atoms with van der Waals surface area (Å²) in [6, 6.07) is 4.70. The number of nitrogens with two attached hydrogens (primary N) is 1. The summed E-state index contributed by atoms with van der Waals surface area (Å²) in [5, 5.41) is 0. The van der Waals surface area contributed by atoms with Crippen molar-refractivity contribution in [2.24, 2.45) is 5.73 Å². The van der Waals surface area contributed by atoms with Crippen molar-refractivity contribution in [1.29, 1.82) is 0 Å². The van der Waals surface area contributed by atoms with Gasteiger partial charge in [0.2, 0.25) is 0 Å². The maximum atomic E-state index is 13.7. The molecule has 2 atom stereocenters. The molecular formula is C13H18FNO2. The van der Waals surface area contributed by atoms with Crippen LogP contribution in [0.5, 0.6) is 5.75 Å². The van der Waals surface area contributed by atoms with Gasteiger partial charge >= 0.3 is 0 Å². The maximum Gasteiger partial charge on any atom is 0.165 e. The molecule has 1 aliphatic heterocycles. The van der Waals surface area contributed by atoms with Gasteiger partial charge < -0.3 is 15.2 Å². The fraction of sp³-hybridized carbons (Fsp3) is 0.538. The second-order valence-electron chi connectivity index (χ2n) is 4.44. The Bertz CT molecular complexity index is 376. The lowest BCUT2D eigenvalue weighted by Crippen LogP contribution is -2.28. The molecule has 0 aromatic heterocycles. The molecule has 1 aromatic carbocycles. The molecule has 0 bridgehead atoms. The largest absolute Gasteiger partial charge is 0.485 e. The molecule has 4 heteroatoms. The fourth-order valence-electron chi connectivity index (χ4n) is 1.88. The first-order chi connectivity index (χ1) is 8.16. The van der Waals surface area contributed by atoms with Crippen molar-refractivity contribution < 1.29 is 13.9 Å². The van der Waals surface area contributed by atoms with Crippen molar-refractivity contribution in [3.05, 3.63) is 29.6 Å². The molecular weight excluding hydrogens is 221 g/mol. The first-order valence-electron chi connectivity index (χ1n) is 5.96. The van der Waals surface area contributed by atoms with E-state index >= 15 is 0 Å². The van der Waals surface area contributed by atoms with Gasteiger partial charge in [-0.2, -0.15) is 0 Å². The molecule has 0 amide bonds. The number of rotatable bonds is 3. The summed E-state index contributed by atoms with van der Waals surface area (Å²) in [4.78, 5) is 0. The normalized spacial score (nSPS) is 22.2. The van der Waals surface area contributed by atoms with Crippen LogP contribution in [0.1, 0.15) is 31.4 Å². The smallest absolute Gasteiger partial charge is 0.165 e. The molecule has 2 N–H and O–H groups in total. The van der Waals surface area contributed by atoms with E-state index in [1.807, 2.05) is 6.92 Å². The molecule has 3 nitrogen and oxygen atoms in total. The zero-order valence-corrected chi connectivity index (χ0v) is 9.99. The molecule has 1 saturated heterocycles. The van der Waals surface area contributed by atoms with Gasteiger partial charge in [-0.05, 0) is 37.5 Å². The second kappa shape index (κ2) is 5.47. The summed E-state index contributed by atoms with van der Waals surface area (Å²) in [6.07, 6.45) is 1.83. The van der Waals surface area contributed by atoms with E-state index in [4.69, 9.17) is 15.2 Å². The summed E-state index contributed by atoms with van der Waals surface area (Å²) in [7, 11) is 0. The van der Waals surface area contributed by atoms with Crippen LogP contribution in [0.3, 0.4) is 0 Å². The third kappa shape index (κ3) is 3.17. The van der Waals surface area contributed by atoms with Crippen LogP contribution >= 0.6 is 0 Å². The van der Waals surface area contributed by atoms with Crippen molar-refractivity contribution in [3.63, 3.8) is 0 Å². The van der Waals surface area contributed by atoms with Crippen LogP contribution in [0.25, 0.3) is 0 Å². The standard InChI is InChI=1S/C13H18FNO2/c1-9(15)10-4-5-13(12(14)7-10)17-11-3-2-6-16-8-11/h4-5,7,9,11H,2-3,6,8,15H2,1H3/t9-,11?/m1/s1.